The van der Waals surface area contributed by atoms with Crippen LogP contribution >= 0.6 is 0 Å². The van der Waals surface area contributed by atoms with Gasteiger partial charge in [-0.15, -0.1) is 0 Å². The molecule has 1 aromatic heterocycles. The molecule has 0 saturated heterocycles. The fraction of sp³-hybridized carbons (Fsp3) is 0.0741. The molecule has 0 aliphatic heterocycles. The summed E-state index contributed by atoms with van der Waals surface area (Å²) in [6.07, 6.45) is 0. The van der Waals surface area contributed by atoms with Crippen LogP contribution in [0.1, 0.15) is 38.7 Å². The van der Waals surface area contributed by atoms with Gasteiger partial charge in [0, 0.05) is 34.9 Å². The lowest BCUT2D eigenvalue weighted by molar-refractivity contribution is -0.384. The Morgan fingerprint density at radius 2 is 1.56 bits per heavy atom. The first kappa shape index (κ1) is 22.7. The summed E-state index contributed by atoms with van der Waals surface area (Å²) in [5.74, 6) is -3.50. The Morgan fingerprint density at radius 3 is 2.25 bits per heavy atom. The summed E-state index contributed by atoms with van der Waals surface area (Å²) in [6.45, 7) is 1.63. The molecule has 1 atom stereocenters. The number of aryl methyl sites for hydroxylation is 1. The molecule has 1 unspecified atom stereocenters. The molecule has 36 heavy (non-hydrogen) atoms. The molecule has 1 heterocycles. The maximum Gasteiger partial charge on any atom is 0.275 e. The molecular weight excluding hydrogens is 462 g/mol. The zero-order valence-corrected chi connectivity index (χ0v) is 19.0. The van der Waals surface area contributed by atoms with Gasteiger partial charge in [0.05, 0.1) is 21.7 Å². The van der Waals surface area contributed by atoms with E-state index in [1.807, 2.05) is 0 Å². The smallest absolute Gasteiger partial charge is 0.275 e. The molecule has 1 aliphatic rings. The number of aromatic amines is 1. The van der Waals surface area contributed by atoms with Crippen molar-refractivity contribution >= 4 is 23.0 Å². The lowest BCUT2D eigenvalue weighted by Gasteiger charge is -2.24. The number of allylic oxidation sites excluding steroid dienone is 1. The summed E-state index contributed by atoms with van der Waals surface area (Å²) >= 11 is 0. The Labute approximate surface area is 204 Å². The number of aromatic nitrogens is 2. The minimum atomic E-state index is -1.25. The first-order valence-electron chi connectivity index (χ1n) is 11.0. The number of H-pyrrole nitrogens is 1. The standard InChI is InChI=1S/C27H19N3O6/c1-15-21(27(34)29(28-15)17-9-3-2-4-10-17)22(16-8-7-11-18(14-16)30(35)36)23-24(31)19-12-5-6-13-20(19)25(32)26(23)33/h2-14,22,28,31H,1H3. The summed E-state index contributed by atoms with van der Waals surface area (Å²) in [5, 5.41) is 25.7. The number of aliphatic hydroxyl groups is 1. The van der Waals surface area contributed by atoms with E-state index in [9.17, 15) is 29.6 Å². The number of Topliss-reactive ketones (excluding diaryl/α,β-unsaturated/α-hetero) is 2. The van der Waals surface area contributed by atoms with Gasteiger partial charge in [0.15, 0.2) is 0 Å². The Hall–Kier alpha value is -5.05. The normalized spacial score (nSPS) is 14.0. The van der Waals surface area contributed by atoms with Gasteiger partial charge in [-0.25, -0.2) is 4.68 Å². The molecule has 1 aliphatic carbocycles. The molecule has 9 nitrogen and oxygen atoms in total. The van der Waals surface area contributed by atoms with Gasteiger partial charge in [-0.3, -0.25) is 29.6 Å². The van der Waals surface area contributed by atoms with Gasteiger partial charge in [0.2, 0.25) is 11.6 Å². The largest absolute Gasteiger partial charge is 0.507 e. The van der Waals surface area contributed by atoms with Crippen molar-refractivity contribution in [2.45, 2.75) is 12.8 Å². The number of nitrogens with zero attached hydrogens (tertiary/aromatic N) is 2. The van der Waals surface area contributed by atoms with E-state index in [-0.39, 0.29) is 33.5 Å². The van der Waals surface area contributed by atoms with Gasteiger partial charge in [0.25, 0.3) is 11.2 Å². The van der Waals surface area contributed by atoms with Crippen LogP contribution in [0.5, 0.6) is 0 Å². The molecule has 178 valence electrons. The topological polar surface area (TPSA) is 135 Å². The highest BCUT2D eigenvalue weighted by atomic mass is 16.6. The SMILES string of the molecule is Cc1[nH]n(-c2ccccc2)c(=O)c1C(C1=C(O)c2ccccc2C(=O)C1=O)c1cccc([N+](=O)[O-])c1. The van der Waals surface area contributed by atoms with E-state index in [4.69, 9.17) is 0 Å². The number of ketones is 2. The number of nitro groups is 1. The molecule has 9 heteroatoms. The van der Waals surface area contributed by atoms with Crippen molar-refractivity contribution in [2.24, 2.45) is 0 Å². The van der Waals surface area contributed by atoms with Crippen molar-refractivity contribution in [2.75, 3.05) is 0 Å². The Bertz CT molecular complexity index is 1650. The average molecular weight is 481 g/mol. The monoisotopic (exact) mass is 481 g/mol. The van der Waals surface area contributed by atoms with Crippen molar-refractivity contribution in [1.82, 2.24) is 9.78 Å². The number of hydrogen-bond acceptors (Lipinski definition) is 6. The minimum absolute atomic E-state index is 0.0500. The summed E-state index contributed by atoms with van der Waals surface area (Å²) in [5.41, 5.74) is 0.326. The summed E-state index contributed by atoms with van der Waals surface area (Å²) in [7, 11) is 0. The second-order valence-corrected chi connectivity index (χ2v) is 8.38. The van der Waals surface area contributed by atoms with Crippen LogP contribution in [0.25, 0.3) is 11.4 Å². The van der Waals surface area contributed by atoms with E-state index < -0.39 is 33.7 Å². The fourth-order valence-corrected chi connectivity index (χ4v) is 4.61. The number of nitro benzene ring substituents is 1. The molecule has 5 rings (SSSR count). The van der Waals surface area contributed by atoms with E-state index >= 15 is 0 Å². The molecule has 0 radical (unpaired) electrons. The zero-order valence-electron chi connectivity index (χ0n) is 19.0. The molecule has 0 saturated carbocycles. The Morgan fingerprint density at radius 1 is 0.889 bits per heavy atom. The zero-order chi connectivity index (χ0) is 25.6. The number of carbonyl (C=O) groups is 2. The number of aliphatic hydroxyl groups excluding tert-OH is 1. The maximum absolute atomic E-state index is 13.7. The van der Waals surface area contributed by atoms with E-state index in [1.54, 1.807) is 49.4 Å². The van der Waals surface area contributed by atoms with E-state index in [0.29, 0.717) is 11.4 Å². The van der Waals surface area contributed by atoms with Gasteiger partial charge in [0.1, 0.15) is 5.76 Å². The third-order valence-corrected chi connectivity index (χ3v) is 6.26. The average Bonchev–Trinajstić information content (AvgIpc) is 3.19. The van der Waals surface area contributed by atoms with Crippen LogP contribution < -0.4 is 5.56 Å². The lowest BCUT2D eigenvalue weighted by Crippen LogP contribution is -2.30. The Kier molecular flexibility index (Phi) is 5.44. The van der Waals surface area contributed by atoms with Gasteiger partial charge in [-0.05, 0) is 24.6 Å². The number of hydrogen-bond donors (Lipinski definition) is 2. The quantitative estimate of drug-likeness (QED) is 0.249. The summed E-state index contributed by atoms with van der Waals surface area (Å²) < 4.78 is 1.29. The van der Waals surface area contributed by atoms with Crippen molar-refractivity contribution in [3.05, 3.63) is 133 Å². The number of carbonyl (C=O) groups excluding carboxylic acids is 2. The van der Waals surface area contributed by atoms with Gasteiger partial charge < -0.3 is 5.11 Å². The number of rotatable bonds is 5. The van der Waals surface area contributed by atoms with Crippen LogP contribution in [0.2, 0.25) is 0 Å². The molecule has 3 aromatic carbocycles. The van der Waals surface area contributed by atoms with Crippen LogP contribution in [0.15, 0.2) is 89.2 Å². The van der Waals surface area contributed by atoms with Crippen LogP contribution in [0.4, 0.5) is 5.69 Å². The second-order valence-electron chi connectivity index (χ2n) is 8.38. The second kappa shape index (κ2) is 8.62. The van der Waals surface area contributed by atoms with Gasteiger partial charge >= 0.3 is 0 Å². The van der Waals surface area contributed by atoms with Crippen molar-refractivity contribution < 1.29 is 19.6 Å². The molecule has 0 fully saturated rings. The maximum atomic E-state index is 13.7. The number of non-ortho nitro benzene ring substituents is 1. The van der Waals surface area contributed by atoms with E-state index in [0.717, 1.165) is 0 Å². The first-order chi connectivity index (χ1) is 17.3. The van der Waals surface area contributed by atoms with E-state index in [1.165, 1.54) is 41.1 Å². The van der Waals surface area contributed by atoms with Crippen LogP contribution in [0, 0.1) is 17.0 Å². The molecular formula is C27H19N3O6. The number of fused-ring (bicyclic) bond motifs is 1. The third kappa shape index (κ3) is 3.54. The van der Waals surface area contributed by atoms with Crippen molar-refractivity contribution in [3.63, 3.8) is 0 Å². The molecule has 0 spiro atoms. The molecule has 2 N–H and O–H groups in total. The van der Waals surface area contributed by atoms with Crippen LogP contribution in [-0.2, 0) is 4.79 Å². The van der Waals surface area contributed by atoms with Gasteiger partial charge in [-0.1, -0.05) is 54.6 Å². The minimum Gasteiger partial charge on any atom is -0.507 e. The molecule has 0 bridgehead atoms. The third-order valence-electron chi connectivity index (χ3n) is 6.26. The number of nitrogens with one attached hydrogen (secondary N) is 1. The number of para-hydroxylation sites is 1. The van der Waals surface area contributed by atoms with Gasteiger partial charge in [-0.2, -0.15) is 0 Å². The number of benzene rings is 3. The fourth-order valence-electron chi connectivity index (χ4n) is 4.61. The predicted molar refractivity (Wildman–Crippen MR) is 131 cm³/mol. The summed E-state index contributed by atoms with van der Waals surface area (Å²) in [4.78, 5) is 51.0. The lowest BCUT2D eigenvalue weighted by atomic mass is 9.76. The summed E-state index contributed by atoms with van der Waals surface area (Å²) in [6, 6.07) is 20.3. The highest BCUT2D eigenvalue weighted by Gasteiger charge is 2.40. The van der Waals surface area contributed by atoms with Crippen molar-refractivity contribution in [3.8, 4) is 5.69 Å². The first-order valence-corrected chi connectivity index (χ1v) is 11.0. The van der Waals surface area contributed by atoms with E-state index in [2.05, 4.69) is 5.10 Å². The highest BCUT2D eigenvalue weighted by molar-refractivity contribution is 6.52. The Balaban J connectivity index is 1.83. The predicted octanol–water partition coefficient (Wildman–Crippen LogP) is 4.25. The highest BCUT2D eigenvalue weighted by Crippen LogP contribution is 2.40. The molecule has 4 aromatic rings. The van der Waals surface area contributed by atoms with Crippen LogP contribution in [-0.4, -0.2) is 31.4 Å². The van der Waals surface area contributed by atoms with Crippen molar-refractivity contribution in [1.29, 1.82) is 0 Å². The van der Waals surface area contributed by atoms with Crippen LogP contribution in [0.3, 0.4) is 0 Å². The molecule has 0 amide bonds.